The van der Waals surface area contributed by atoms with Crippen LogP contribution in [0.15, 0.2) is 82.6 Å². The maximum Gasteiger partial charge on any atom is 0.199 e. The van der Waals surface area contributed by atoms with E-state index < -0.39 is 38.2 Å². The molecule has 9 heteroatoms. The lowest BCUT2D eigenvalue weighted by Gasteiger charge is -2.38. The van der Waals surface area contributed by atoms with Crippen molar-refractivity contribution in [3.05, 3.63) is 72.8 Å². The van der Waals surface area contributed by atoms with Crippen molar-refractivity contribution in [2.24, 2.45) is 0 Å². The van der Waals surface area contributed by atoms with Gasteiger partial charge in [-0.25, -0.2) is 16.8 Å². The summed E-state index contributed by atoms with van der Waals surface area (Å²) in [4.78, 5) is -0.0112. The van der Waals surface area contributed by atoms with Crippen molar-refractivity contribution in [3.63, 3.8) is 0 Å². The summed E-state index contributed by atoms with van der Waals surface area (Å²) in [6, 6.07) is 15.8. The Morgan fingerprint density at radius 3 is 1.86 bits per heavy atom. The molecule has 0 unspecified atom stereocenters. The number of hydrogen-bond donors (Lipinski definition) is 0. The SMILES string of the molecule is CC[C@H]1/C=C/CC(S(=O)(=O)c2ccccc2)(S(=O)(=O)c2ccccc2)CC[C@H](O[Si](C)(C)C)[C@@H](C)O1. The van der Waals surface area contributed by atoms with E-state index in [9.17, 15) is 16.8 Å². The summed E-state index contributed by atoms with van der Waals surface area (Å²) in [6.45, 7) is 10.1. The number of benzene rings is 2. The predicted octanol–water partition coefficient (Wildman–Crippen LogP) is 5.77. The summed E-state index contributed by atoms with van der Waals surface area (Å²) in [6.07, 6.45) is 3.01. The van der Waals surface area contributed by atoms with Gasteiger partial charge in [-0.05, 0) is 70.1 Å². The molecule has 0 amide bonds. The minimum atomic E-state index is -4.33. The second-order valence-corrected chi connectivity index (χ2v) is 19.5. The minimum absolute atomic E-state index is 0.00558. The molecular formula is C27H38O6S2Si. The highest BCUT2D eigenvalue weighted by molar-refractivity contribution is 8.10. The fraction of sp³-hybridized carbons (Fsp3) is 0.481. The lowest BCUT2D eigenvalue weighted by atomic mass is 10.0. The first-order valence-corrected chi connectivity index (χ1v) is 18.8. The predicted molar refractivity (Wildman–Crippen MR) is 146 cm³/mol. The van der Waals surface area contributed by atoms with Crippen LogP contribution in [-0.2, 0) is 28.8 Å². The van der Waals surface area contributed by atoms with Gasteiger partial charge in [-0.3, -0.25) is 0 Å². The number of ether oxygens (including phenoxy) is 1. The third-order valence-electron chi connectivity index (χ3n) is 6.50. The first-order valence-electron chi connectivity index (χ1n) is 12.4. The maximum atomic E-state index is 14.3. The number of hydrogen-bond acceptors (Lipinski definition) is 6. The zero-order valence-corrected chi connectivity index (χ0v) is 24.4. The molecule has 0 radical (unpaired) electrons. The van der Waals surface area contributed by atoms with Crippen LogP contribution in [0.2, 0.25) is 19.6 Å². The van der Waals surface area contributed by atoms with Gasteiger partial charge in [0.15, 0.2) is 32.1 Å². The molecule has 3 rings (SSSR count). The summed E-state index contributed by atoms with van der Waals surface area (Å²) in [5.74, 6) is 0. The molecule has 2 aromatic carbocycles. The van der Waals surface area contributed by atoms with Crippen LogP contribution in [0.3, 0.4) is 0 Å². The van der Waals surface area contributed by atoms with E-state index in [0.29, 0.717) is 6.42 Å². The van der Waals surface area contributed by atoms with Crippen LogP contribution < -0.4 is 0 Å². The molecular weight excluding hydrogens is 513 g/mol. The van der Waals surface area contributed by atoms with E-state index in [-0.39, 0.29) is 41.3 Å². The average Bonchev–Trinajstić information content (AvgIpc) is 2.84. The maximum absolute atomic E-state index is 14.3. The molecule has 36 heavy (non-hydrogen) atoms. The zero-order valence-electron chi connectivity index (χ0n) is 21.8. The molecule has 0 spiro atoms. The molecule has 198 valence electrons. The van der Waals surface area contributed by atoms with E-state index in [1.165, 1.54) is 24.3 Å². The van der Waals surface area contributed by atoms with Crippen molar-refractivity contribution in [3.8, 4) is 0 Å². The monoisotopic (exact) mass is 550 g/mol. The minimum Gasteiger partial charge on any atom is -0.412 e. The van der Waals surface area contributed by atoms with Crippen LogP contribution in [0.4, 0.5) is 0 Å². The van der Waals surface area contributed by atoms with E-state index in [0.717, 1.165) is 0 Å². The Morgan fingerprint density at radius 2 is 1.42 bits per heavy atom. The Balaban J connectivity index is 2.27. The molecule has 0 aliphatic carbocycles. The van der Waals surface area contributed by atoms with Crippen molar-refractivity contribution in [1.29, 1.82) is 0 Å². The number of rotatable bonds is 7. The van der Waals surface area contributed by atoms with Gasteiger partial charge in [-0.1, -0.05) is 55.5 Å². The zero-order chi connectivity index (χ0) is 26.6. The van der Waals surface area contributed by atoms with Crippen molar-refractivity contribution >= 4 is 28.0 Å². The van der Waals surface area contributed by atoms with Crippen molar-refractivity contribution < 1.29 is 26.0 Å². The van der Waals surface area contributed by atoms with Gasteiger partial charge in [-0.2, -0.15) is 0 Å². The van der Waals surface area contributed by atoms with Crippen LogP contribution in [0.25, 0.3) is 0 Å². The van der Waals surface area contributed by atoms with E-state index in [2.05, 4.69) is 19.6 Å². The molecule has 2 aromatic rings. The Hall–Kier alpha value is -1.78. The molecule has 3 atom stereocenters. The fourth-order valence-electron chi connectivity index (χ4n) is 4.61. The molecule has 6 nitrogen and oxygen atoms in total. The summed E-state index contributed by atoms with van der Waals surface area (Å²) in [7, 11) is -10.7. The molecule has 1 aliphatic heterocycles. The molecule has 1 aliphatic rings. The van der Waals surface area contributed by atoms with Crippen LogP contribution in [0.1, 0.15) is 39.5 Å². The first-order chi connectivity index (χ1) is 16.8. The van der Waals surface area contributed by atoms with Crippen LogP contribution >= 0.6 is 0 Å². The molecule has 0 fully saturated rings. The van der Waals surface area contributed by atoms with Gasteiger partial charge in [0.1, 0.15) is 0 Å². The van der Waals surface area contributed by atoms with E-state index >= 15 is 0 Å². The summed E-state index contributed by atoms with van der Waals surface area (Å²) < 4.78 is 68.0. The Morgan fingerprint density at radius 1 is 0.917 bits per heavy atom. The van der Waals surface area contributed by atoms with Gasteiger partial charge in [0.05, 0.1) is 28.1 Å². The quantitative estimate of drug-likeness (QED) is 0.321. The summed E-state index contributed by atoms with van der Waals surface area (Å²) in [5, 5.41) is 0. The van der Waals surface area contributed by atoms with E-state index in [1.54, 1.807) is 48.6 Å². The largest absolute Gasteiger partial charge is 0.412 e. The van der Waals surface area contributed by atoms with Crippen LogP contribution in [-0.4, -0.2) is 47.5 Å². The highest BCUT2D eigenvalue weighted by Crippen LogP contribution is 2.43. The fourth-order valence-corrected chi connectivity index (χ4v) is 10.9. The van der Waals surface area contributed by atoms with Crippen molar-refractivity contribution in [2.75, 3.05) is 0 Å². The van der Waals surface area contributed by atoms with Crippen molar-refractivity contribution in [2.45, 2.75) is 91.4 Å². The van der Waals surface area contributed by atoms with Gasteiger partial charge < -0.3 is 9.16 Å². The van der Waals surface area contributed by atoms with Crippen LogP contribution in [0, 0.1) is 0 Å². The van der Waals surface area contributed by atoms with Crippen LogP contribution in [0.5, 0.6) is 0 Å². The second-order valence-electron chi connectivity index (χ2n) is 10.3. The topological polar surface area (TPSA) is 86.7 Å². The molecule has 1 heterocycles. The smallest absolute Gasteiger partial charge is 0.199 e. The lowest BCUT2D eigenvalue weighted by molar-refractivity contribution is -0.0489. The Bertz CT molecular complexity index is 1170. The number of allylic oxidation sites excluding steroid dienone is 1. The highest BCUT2D eigenvalue weighted by atomic mass is 32.3. The van der Waals surface area contributed by atoms with Gasteiger partial charge in [-0.15, -0.1) is 0 Å². The summed E-state index contributed by atoms with van der Waals surface area (Å²) in [5.41, 5.74) is 0. The average molecular weight is 551 g/mol. The molecule has 0 N–H and O–H groups in total. The highest BCUT2D eigenvalue weighted by Gasteiger charge is 2.55. The molecule has 0 saturated heterocycles. The van der Waals surface area contributed by atoms with Crippen molar-refractivity contribution in [1.82, 2.24) is 0 Å². The standard InChI is InChI=1S/C27H38O6S2Si/c1-6-23-14-13-20-27(34(28,29)24-15-9-7-10-16-24,35(30,31)25-17-11-8-12-18-25)21-19-26(22(2)32-23)33-36(3,4)5/h7-18,22-23,26H,6,19-21H2,1-5H3/b14-13+/t22-,23+,26+/m1/s1. The van der Waals surface area contributed by atoms with Gasteiger partial charge >= 0.3 is 0 Å². The first kappa shape index (κ1) is 28.8. The Kier molecular flexibility index (Phi) is 9.04. The number of sulfone groups is 2. The third-order valence-corrected chi connectivity index (χ3v) is 13.3. The molecule has 0 saturated carbocycles. The second kappa shape index (κ2) is 11.3. The van der Waals surface area contributed by atoms with Gasteiger partial charge in [0.25, 0.3) is 0 Å². The molecule has 0 aromatic heterocycles. The third kappa shape index (κ3) is 6.02. The van der Waals surface area contributed by atoms with E-state index in [1.807, 2.05) is 13.8 Å². The van der Waals surface area contributed by atoms with Gasteiger partial charge in [0, 0.05) is 6.42 Å². The lowest BCUT2D eigenvalue weighted by Crippen LogP contribution is -2.49. The Labute approximate surface area is 217 Å². The van der Waals surface area contributed by atoms with E-state index in [4.69, 9.17) is 9.16 Å². The normalized spacial score (nSPS) is 24.6. The molecule has 0 bridgehead atoms. The summed E-state index contributed by atoms with van der Waals surface area (Å²) >= 11 is 0. The van der Waals surface area contributed by atoms with Gasteiger partial charge in [0.2, 0.25) is 0 Å².